The first kappa shape index (κ1) is 15.4. The highest BCUT2D eigenvalue weighted by atomic mass is 35.5. The number of hydrogen-bond donors (Lipinski definition) is 1. The van der Waals surface area contributed by atoms with Crippen molar-refractivity contribution in [1.82, 2.24) is 0 Å². The molecule has 2 rings (SSSR count). The fraction of sp³-hybridized carbons (Fsp3) is 0.143. The first-order valence-corrected chi connectivity index (χ1v) is 6.25. The molecule has 7 heteroatoms. The largest absolute Gasteiger partial charge is 0.573 e. The Morgan fingerprint density at radius 3 is 2.57 bits per heavy atom. The number of ether oxygens (including phenoxy) is 1. The van der Waals surface area contributed by atoms with Gasteiger partial charge in [-0.15, -0.1) is 13.2 Å². The molecule has 1 N–H and O–H groups in total. The number of anilines is 1. The van der Waals surface area contributed by atoms with Crippen LogP contribution in [0.4, 0.5) is 23.2 Å². The summed E-state index contributed by atoms with van der Waals surface area (Å²) < 4.78 is 53.7. The van der Waals surface area contributed by atoms with Gasteiger partial charge < -0.3 is 10.1 Å². The van der Waals surface area contributed by atoms with Crippen LogP contribution in [0, 0.1) is 5.82 Å². The highest BCUT2D eigenvalue weighted by molar-refractivity contribution is 6.30. The van der Waals surface area contributed by atoms with E-state index in [1.165, 1.54) is 36.4 Å². The third-order valence-electron chi connectivity index (χ3n) is 2.54. The number of rotatable bonds is 4. The van der Waals surface area contributed by atoms with Crippen LogP contribution in [0.1, 0.15) is 5.56 Å². The molecule has 0 heterocycles. The number of hydrogen-bond acceptors (Lipinski definition) is 2. The molecule has 2 aromatic carbocycles. The fourth-order valence-electron chi connectivity index (χ4n) is 1.68. The third kappa shape index (κ3) is 4.82. The van der Waals surface area contributed by atoms with Gasteiger partial charge >= 0.3 is 6.36 Å². The molecule has 0 aromatic heterocycles. The minimum absolute atomic E-state index is 0.131. The summed E-state index contributed by atoms with van der Waals surface area (Å²) in [7, 11) is 0. The summed E-state index contributed by atoms with van der Waals surface area (Å²) in [6.45, 7) is 0.131. The van der Waals surface area contributed by atoms with E-state index >= 15 is 0 Å². The lowest BCUT2D eigenvalue weighted by Crippen LogP contribution is -2.17. The first-order chi connectivity index (χ1) is 9.83. The van der Waals surface area contributed by atoms with Crippen LogP contribution in [-0.2, 0) is 6.54 Å². The van der Waals surface area contributed by atoms with Crippen molar-refractivity contribution in [3.05, 3.63) is 58.9 Å². The summed E-state index contributed by atoms with van der Waals surface area (Å²) in [6.07, 6.45) is -4.74. The van der Waals surface area contributed by atoms with Crippen LogP contribution in [0.3, 0.4) is 0 Å². The number of benzene rings is 2. The molecule has 112 valence electrons. The highest BCUT2D eigenvalue weighted by Crippen LogP contribution is 2.24. The predicted molar refractivity (Wildman–Crippen MR) is 71.9 cm³/mol. The second-order valence-corrected chi connectivity index (χ2v) is 4.61. The zero-order valence-electron chi connectivity index (χ0n) is 10.5. The lowest BCUT2D eigenvalue weighted by Gasteiger charge is -2.11. The van der Waals surface area contributed by atoms with E-state index < -0.39 is 12.2 Å². The highest BCUT2D eigenvalue weighted by Gasteiger charge is 2.31. The van der Waals surface area contributed by atoms with Gasteiger partial charge in [0.2, 0.25) is 0 Å². The molecule has 0 aliphatic rings. The van der Waals surface area contributed by atoms with Crippen molar-refractivity contribution in [2.45, 2.75) is 12.9 Å². The molecular formula is C14H10ClF4NO. The monoisotopic (exact) mass is 319 g/mol. The van der Waals surface area contributed by atoms with E-state index in [-0.39, 0.29) is 18.0 Å². The average Bonchev–Trinajstić information content (AvgIpc) is 2.38. The van der Waals surface area contributed by atoms with Gasteiger partial charge in [-0.1, -0.05) is 23.7 Å². The van der Waals surface area contributed by atoms with Crippen LogP contribution in [-0.4, -0.2) is 6.36 Å². The van der Waals surface area contributed by atoms with Crippen molar-refractivity contribution in [2.75, 3.05) is 5.32 Å². The summed E-state index contributed by atoms with van der Waals surface area (Å²) in [5.41, 5.74) is 0.681. The Kier molecular flexibility index (Phi) is 4.57. The maximum absolute atomic E-state index is 13.5. The van der Waals surface area contributed by atoms with Gasteiger partial charge in [-0.3, -0.25) is 0 Å². The van der Waals surface area contributed by atoms with Gasteiger partial charge in [-0.05, 0) is 35.9 Å². The SMILES string of the molecule is Fc1ccc(Cl)cc1NCc1cccc(OC(F)(F)F)c1. The topological polar surface area (TPSA) is 21.3 Å². The van der Waals surface area contributed by atoms with E-state index in [4.69, 9.17) is 11.6 Å². The molecule has 21 heavy (non-hydrogen) atoms. The van der Waals surface area contributed by atoms with Gasteiger partial charge in [-0.2, -0.15) is 0 Å². The maximum Gasteiger partial charge on any atom is 0.573 e. The zero-order valence-corrected chi connectivity index (χ0v) is 11.3. The minimum atomic E-state index is -4.74. The van der Waals surface area contributed by atoms with Crippen molar-refractivity contribution in [2.24, 2.45) is 0 Å². The van der Waals surface area contributed by atoms with E-state index in [1.54, 1.807) is 6.07 Å². The zero-order chi connectivity index (χ0) is 15.5. The number of alkyl halides is 3. The molecule has 0 amide bonds. The lowest BCUT2D eigenvalue weighted by atomic mass is 10.2. The Balaban J connectivity index is 2.06. The summed E-state index contributed by atoms with van der Waals surface area (Å²) in [6, 6.07) is 9.44. The molecule has 0 saturated heterocycles. The van der Waals surface area contributed by atoms with Gasteiger partial charge in [0.25, 0.3) is 0 Å². The summed E-state index contributed by atoms with van der Waals surface area (Å²) >= 11 is 5.74. The van der Waals surface area contributed by atoms with E-state index in [0.29, 0.717) is 10.6 Å². The van der Waals surface area contributed by atoms with Crippen LogP contribution in [0.15, 0.2) is 42.5 Å². The van der Waals surface area contributed by atoms with Crippen molar-refractivity contribution < 1.29 is 22.3 Å². The lowest BCUT2D eigenvalue weighted by molar-refractivity contribution is -0.274. The quantitative estimate of drug-likeness (QED) is 0.802. The third-order valence-corrected chi connectivity index (χ3v) is 2.78. The van der Waals surface area contributed by atoms with Gasteiger partial charge in [0, 0.05) is 11.6 Å². The van der Waals surface area contributed by atoms with Crippen molar-refractivity contribution in [1.29, 1.82) is 0 Å². The van der Waals surface area contributed by atoms with E-state index in [1.807, 2.05) is 0 Å². The Morgan fingerprint density at radius 1 is 1.10 bits per heavy atom. The predicted octanol–water partition coefficient (Wildman–Crippen LogP) is 4.99. The van der Waals surface area contributed by atoms with Gasteiger partial charge in [0.15, 0.2) is 0 Å². The van der Waals surface area contributed by atoms with Crippen LogP contribution in [0.25, 0.3) is 0 Å². The summed E-state index contributed by atoms with van der Waals surface area (Å²) in [5, 5.41) is 3.12. The first-order valence-electron chi connectivity index (χ1n) is 5.87. The normalized spacial score (nSPS) is 11.3. The molecule has 0 bridgehead atoms. The fourth-order valence-corrected chi connectivity index (χ4v) is 1.85. The Morgan fingerprint density at radius 2 is 1.86 bits per heavy atom. The second kappa shape index (κ2) is 6.22. The molecule has 0 fully saturated rings. The van der Waals surface area contributed by atoms with Crippen molar-refractivity contribution in [3.63, 3.8) is 0 Å². The molecule has 0 unspecified atom stereocenters. The van der Waals surface area contributed by atoms with E-state index in [2.05, 4.69) is 10.1 Å². The molecule has 0 saturated carbocycles. The Labute approximate surface area is 123 Å². The Hall–Kier alpha value is -1.95. The standard InChI is InChI=1S/C14H10ClF4NO/c15-10-4-5-12(16)13(7-10)20-8-9-2-1-3-11(6-9)21-14(17,18)19/h1-7,20H,8H2. The summed E-state index contributed by atoms with van der Waals surface area (Å²) in [5.74, 6) is -0.824. The average molecular weight is 320 g/mol. The van der Waals surface area contributed by atoms with Gasteiger partial charge in [0.05, 0.1) is 5.69 Å². The van der Waals surface area contributed by atoms with Crippen molar-refractivity contribution in [3.8, 4) is 5.75 Å². The maximum atomic E-state index is 13.5. The molecule has 2 aromatic rings. The number of halogens is 5. The molecule has 2 nitrogen and oxygen atoms in total. The molecule has 0 radical (unpaired) electrons. The van der Waals surface area contributed by atoms with Crippen molar-refractivity contribution >= 4 is 17.3 Å². The van der Waals surface area contributed by atoms with E-state index in [0.717, 1.165) is 0 Å². The molecule has 0 aliphatic carbocycles. The molecule has 0 spiro atoms. The van der Waals surface area contributed by atoms with Gasteiger partial charge in [0.1, 0.15) is 11.6 Å². The minimum Gasteiger partial charge on any atom is -0.406 e. The second-order valence-electron chi connectivity index (χ2n) is 4.17. The molecule has 0 atom stereocenters. The Bertz CT molecular complexity index is 631. The molecule has 0 aliphatic heterocycles. The number of nitrogens with one attached hydrogen (secondary N) is 1. The smallest absolute Gasteiger partial charge is 0.406 e. The molecular weight excluding hydrogens is 310 g/mol. The summed E-state index contributed by atoms with van der Waals surface area (Å²) in [4.78, 5) is 0. The van der Waals surface area contributed by atoms with Gasteiger partial charge in [-0.25, -0.2) is 4.39 Å². The van der Waals surface area contributed by atoms with E-state index in [9.17, 15) is 17.6 Å². The van der Waals surface area contributed by atoms with Crippen LogP contribution >= 0.6 is 11.6 Å². The van der Waals surface area contributed by atoms with Crippen LogP contribution in [0.2, 0.25) is 5.02 Å². The van der Waals surface area contributed by atoms with Crippen LogP contribution in [0.5, 0.6) is 5.75 Å². The van der Waals surface area contributed by atoms with Crippen LogP contribution < -0.4 is 10.1 Å².